The lowest BCUT2D eigenvalue weighted by molar-refractivity contribution is -0.116. The summed E-state index contributed by atoms with van der Waals surface area (Å²) in [7, 11) is 0. The first-order valence-corrected chi connectivity index (χ1v) is 7.62. The molecule has 3 rings (SSSR count). The fourth-order valence-corrected chi connectivity index (χ4v) is 2.31. The number of aryl methyl sites for hydroxylation is 1. The van der Waals surface area contributed by atoms with Crippen molar-refractivity contribution < 1.29 is 13.7 Å². The third-order valence-electron chi connectivity index (χ3n) is 3.26. The Balaban J connectivity index is 1.59. The topological polar surface area (TPSA) is 68.0 Å². The number of rotatable bonds is 5. The van der Waals surface area contributed by atoms with Crippen molar-refractivity contribution in [3.63, 3.8) is 0 Å². The van der Waals surface area contributed by atoms with Crippen LogP contribution in [0.2, 0.25) is 5.02 Å². The zero-order valence-electron chi connectivity index (χ0n) is 12.5. The molecule has 0 aliphatic heterocycles. The molecule has 1 amide bonds. The van der Waals surface area contributed by atoms with Crippen LogP contribution in [0.5, 0.6) is 0 Å². The lowest BCUT2D eigenvalue weighted by Crippen LogP contribution is -2.12. The largest absolute Gasteiger partial charge is 0.339 e. The van der Waals surface area contributed by atoms with E-state index >= 15 is 0 Å². The Labute approximate surface area is 142 Å². The van der Waals surface area contributed by atoms with Gasteiger partial charge in [0.05, 0.1) is 5.56 Å². The van der Waals surface area contributed by atoms with E-state index in [4.69, 9.17) is 16.1 Å². The van der Waals surface area contributed by atoms with Crippen LogP contribution in [-0.4, -0.2) is 16.0 Å². The summed E-state index contributed by atoms with van der Waals surface area (Å²) in [6, 6.07) is 13.0. The second-order valence-electron chi connectivity index (χ2n) is 5.05. The Bertz CT molecular complexity index is 866. The molecule has 0 aliphatic carbocycles. The van der Waals surface area contributed by atoms with Crippen molar-refractivity contribution in [3.8, 4) is 11.4 Å². The van der Waals surface area contributed by atoms with Gasteiger partial charge >= 0.3 is 0 Å². The van der Waals surface area contributed by atoms with Crippen LogP contribution in [0.1, 0.15) is 12.3 Å². The van der Waals surface area contributed by atoms with E-state index in [0.717, 1.165) is 0 Å². The average molecular weight is 346 g/mol. The van der Waals surface area contributed by atoms with Crippen molar-refractivity contribution >= 4 is 23.2 Å². The second kappa shape index (κ2) is 7.23. The molecule has 0 saturated heterocycles. The van der Waals surface area contributed by atoms with Crippen LogP contribution in [0.3, 0.4) is 0 Å². The average Bonchev–Trinajstić information content (AvgIpc) is 3.02. The number of hydrogen-bond acceptors (Lipinski definition) is 4. The highest BCUT2D eigenvalue weighted by atomic mass is 35.5. The molecule has 0 unspecified atom stereocenters. The van der Waals surface area contributed by atoms with Gasteiger partial charge in [-0.15, -0.1) is 0 Å². The third-order valence-corrected chi connectivity index (χ3v) is 3.49. The molecule has 7 heteroatoms. The summed E-state index contributed by atoms with van der Waals surface area (Å²) < 4.78 is 18.7. The Morgan fingerprint density at radius 3 is 2.83 bits per heavy atom. The van der Waals surface area contributed by atoms with E-state index < -0.39 is 5.82 Å². The summed E-state index contributed by atoms with van der Waals surface area (Å²) in [5.41, 5.74) is 0.876. The number of halogens is 2. The van der Waals surface area contributed by atoms with Crippen molar-refractivity contribution in [1.82, 2.24) is 10.1 Å². The highest BCUT2D eigenvalue weighted by Crippen LogP contribution is 2.20. The summed E-state index contributed by atoms with van der Waals surface area (Å²) in [6.45, 7) is 0. The molecule has 0 saturated carbocycles. The van der Waals surface area contributed by atoms with Crippen molar-refractivity contribution in [3.05, 3.63) is 65.3 Å². The molecule has 5 nitrogen and oxygen atoms in total. The van der Waals surface area contributed by atoms with Crippen LogP contribution in [0.15, 0.2) is 53.1 Å². The van der Waals surface area contributed by atoms with E-state index in [1.165, 1.54) is 6.07 Å². The van der Waals surface area contributed by atoms with E-state index in [0.29, 0.717) is 10.7 Å². The number of nitrogens with zero attached hydrogens (tertiary/aromatic N) is 2. The van der Waals surface area contributed by atoms with Gasteiger partial charge in [-0.1, -0.05) is 35.0 Å². The molecule has 0 bridgehead atoms. The van der Waals surface area contributed by atoms with Gasteiger partial charge in [0.2, 0.25) is 17.6 Å². The number of benzene rings is 2. The van der Waals surface area contributed by atoms with Crippen molar-refractivity contribution in [1.29, 1.82) is 0 Å². The van der Waals surface area contributed by atoms with Gasteiger partial charge in [-0.3, -0.25) is 4.79 Å². The van der Waals surface area contributed by atoms with Crippen LogP contribution in [0.4, 0.5) is 10.1 Å². The molecular weight excluding hydrogens is 333 g/mol. The SMILES string of the molecule is O=C(CCc1nc(-c2ccccc2F)no1)Nc1cccc(Cl)c1. The molecule has 0 fully saturated rings. The normalized spacial score (nSPS) is 10.6. The minimum Gasteiger partial charge on any atom is -0.339 e. The Morgan fingerprint density at radius 1 is 1.21 bits per heavy atom. The number of carbonyl (C=O) groups is 1. The van der Waals surface area contributed by atoms with Gasteiger partial charge in [-0.05, 0) is 30.3 Å². The molecule has 1 aromatic heterocycles. The molecule has 1 heterocycles. The quantitative estimate of drug-likeness (QED) is 0.756. The standard InChI is InChI=1S/C17H13ClFN3O2/c18-11-4-3-5-12(10-11)20-15(23)8-9-16-21-17(22-24-16)13-6-1-2-7-14(13)19/h1-7,10H,8-9H2,(H,20,23). The predicted octanol–water partition coefficient (Wildman–Crippen LogP) is 4.10. The zero-order chi connectivity index (χ0) is 16.9. The molecule has 3 aromatic rings. The maximum absolute atomic E-state index is 13.7. The zero-order valence-corrected chi connectivity index (χ0v) is 13.3. The highest BCUT2D eigenvalue weighted by Gasteiger charge is 2.13. The maximum Gasteiger partial charge on any atom is 0.227 e. The molecule has 0 spiro atoms. The highest BCUT2D eigenvalue weighted by molar-refractivity contribution is 6.30. The number of amides is 1. The number of nitrogens with one attached hydrogen (secondary N) is 1. The van der Waals surface area contributed by atoms with Crippen LogP contribution < -0.4 is 5.32 Å². The predicted molar refractivity (Wildman–Crippen MR) is 88.1 cm³/mol. The molecule has 1 N–H and O–H groups in total. The van der Waals surface area contributed by atoms with Crippen LogP contribution in [-0.2, 0) is 11.2 Å². The number of carbonyl (C=O) groups excluding carboxylic acids is 1. The number of anilines is 1. The van der Waals surface area contributed by atoms with Gasteiger partial charge in [0.1, 0.15) is 5.82 Å². The van der Waals surface area contributed by atoms with E-state index in [-0.39, 0.29) is 36.0 Å². The van der Waals surface area contributed by atoms with Gasteiger partial charge in [-0.25, -0.2) is 4.39 Å². The van der Waals surface area contributed by atoms with E-state index in [1.54, 1.807) is 42.5 Å². The Kier molecular flexibility index (Phi) is 4.86. The summed E-state index contributed by atoms with van der Waals surface area (Å²) in [5, 5.41) is 7.01. The third kappa shape index (κ3) is 3.97. The fourth-order valence-electron chi connectivity index (χ4n) is 2.12. The lowest BCUT2D eigenvalue weighted by atomic mass is 10.2. The summed E-state index contributed by atoms with van der Waals surface area (Å²) in [4.78, 5) is 16.0. The van der Waals surface area contributed by atoms with E-state index in [1.807, 2.05) is 0 Å². The molecule has 24 heavy (non-hydrogen) atoms. The fraction of sp³-hybridized carbons (Fsp3) is 0.118. The molecule has 122 valence electrons. The minimum absolute atomic E-state index is 0.158. The van der Waals surface area contributed by atoms with Crippen LogP contribution in [0.25, 0.3) is 11.4 Å². The van der Waals surface area contributed by atoms with Gasteiger partial charge in [0, 0.05) is 23.6 Å². The minimum atomic E-state index is -0.427. The van der Waals surface area contributed by atoms with E-state index in [9.17, 15) is 9.18 Å². The summed E-state index contributed by atoms with van der Waals surface area (Å²) in [6.07, 6.45) is 0.416. The van der Waals surface area contributed by atoms with Gasteiger partial charge in [0.15, 0.2) is 0 Å². The Hall–Kier alpha value is -2.73. The number of hydrogen-bond donors (Lipinski definition) is 1. The first-order chi connectivity index (χ1) is 11.6. The van der Waals surface area contributed by atoms with Gasteiger partial charge in [-0.2, -0.15) is 4.98 Å². The smallest absolute Gasteiger partial charge is 0.227 e. The maximum atomic E-state index is 13.7. The lowest BCUT2D eigenvalue weighted by Gasteiger charge is -2.04. The molecule has 0 aliphatic rings. The molecule has 2 aromatic carbocycles. The van der Waals surface area contributed by atoms with Gasteiger partial charge < -0.3 is 9.84 Å². The summed E-state index contributed by atoms with van der Waals surface area (Å²) >= 11 is 5.86. The van der Waals surface area contributed by atoms with Gasteiger partial charge in [0.25, 0.3) is 0 Å². The summed E-state index contributed by atoms with van der Waals surface area (Å²) in [5.74, 6) is -0.195. The van der Waals surface area contributed by atoms with Crippen molar-refractivity contribution in [2.24, 2.45) is 0 Å². The van der Waals surface area contributed by atoms with Crippen LogP contribution >= 0.6 is 11.6 Å². The van der Waals surface area contributed by atoms with E-state index in [2.05, 4.69) is 15.5 Å². The molecular formula is C17H13ClFN3O2. The van der Waals surface area contributed by atoms with Crippen LogP contribution in [0, 0.1) is 5.82 Å². The Morgan fingerprint density at radius 2 is 2.04 bits per heavy atom. The first-order valence-electron chi connectivity index (χ1n) is 7.25. The van der Waals surface area contributed by atoms with Crippen molar-refractivity contribution in [2.75, 3.05) is 5.32 Å². The monoisotopic (exact) mass is 345 g/mol. The molecule has 0 radical (unpaired) electrons. The van der Waals surface area contributed by atoms with Crippen molar-refractivity contribution in [2.45, 2.75) is 12.8 Å². The number of aromatic nitrogens is 2. The second-order valence-corrected chi connectivity index (χ2v) is 5.49. The first kappa shape index (κ1) is 16.1. The molecule has 0 atom stereocenters.